The number of benzene rings is 1. The number of rotatable bonds is 4. The zero-order valence-corrected chi connectivity index (χ0v) is 16.0. The maximum atomic E-state index is 12.2. The van der Waals surface area contributed by atoms with E-state index in [1.165, 1.54) is 4.90 Å². The van der Waals surface area contributed by atoms with Gasteiger partial charge in [-0.2, -0.15) is 0 Å². The van der Waals surface area contributed by atoms with Gasteiger partial charge < -0.3 is 10.2 Å². The first-order valence-electron chi connectivity index (χ1n) is 8.34. The average Bonchev–Trinajstić information content (AvgIpc) is 2.86. The van der Waals surface area contributed by atoms with Gasteiger partial charge in [-0.15, -0.1) is 0 Å². The van der Waals surface area contributed by atoms with E-state index >= 15 is 0 Å². The van der Waals surface area contributed by atoms with Gasteiger partial charge in [0.05, 0.1) is 11.5 Å². The number of nitrogens with zero attached hydrogens (tertiary/aromatic N) is 1. The third-order valence-electron chi connectivity index (χ3n) is 4.50. The number of hydrogen-bond acceptors (Lipinski definition) is 4. The summed E-state index contributed by atoms with van der Waals surface area (Å²) in [6.45, 7) is 6.33. The first-order chi connectivity index (χ1) is 11.5. The molecule has 1 atom stereocenters. The lowest BCUT2D eigenvalue weighted by Gasteiger charge is -2.23. The molecule has 2 amide bonds. The van der Waals surface area contributed by atoms with E-state index in [0.29, 0.717) is 12.1 Å². The van der Waals surface area contributed by atoms with Crippen LogP contribution in [-0.4, -0.2) is 49.7 Å². The summed E-state index contributed by atoms with van der Waals surface area (Å²) < 4.78 is 23.0. The molecule has 0 spiro atoms. The van der Waals surface area contributed by atoms with Crippen LogP contribution in [0.4, 0.5) is 5.69 Å². The van der Waals surface area contributed by atoms with Crippen molar-refractivity contribution in [3.05, 3.63) is 29.8 Å². The Hall–Kier alpha value is -1.89. The second-order valence-corrected chi connectivity index (χ2v) is 9.84. The molecule has 25 heavy (non-hydrogen) atoms. The predicted molar refractivity (Wildman–Crippen MR) is 98.2 cm³/mol. The average molecular weight is 366 g/mol. The minimum absolute atomic E-state index is 0.0227. The molecule has 1 heterocycles. The van der Waals surface area contributed by atoms with Crippen molar-refractivity contribution < 1.29 is 18.0 Å². The largest absolute Gasteiger partial charge is 0.341 e. The van der Waals surface area contributed by atoms with E-state index in [0.717, 1.165) is 5.56 Å². The second-order valence-electron chi connectivity index (χ2n) is 7.61. The second kappa shape index (κ2) is 7.15. The molecule has 7 heteroatoms. The Balaban J connectivity index is 1.90. The monoisotopic (exact) mass is 366 g/mol. The lowest BCUT2D eigenvalue weighted by atomic mass is 9.87. The lowest BCUT2D eigenvalue weighted by molar-refractivity contribution is -0.134. The Labute approximate surface area is 149 Å². The first kappa shape index (κ1) is 19.4. The number of amides is 2. The van der Waals surface area contributed by atoms with Gasteiger partial charge in [-0.1, -0.05) is 32.9 Å². The standard InChI is InChI=1S/C18H26N2O4S/c1-18(2,3)13-5-7-14(8-6-13)19-16(21)11-17(22)20(4)15-9-10-25(23,24)12-15/h5-8,15H,9-12H2,1-4H3,(H,19,21). The van der Waals surface area contributed by atoms with E-state index < -0.39 is 15.7 Å². The zero-order chi connectivity index (χ0) is 18.8. The Morgan fingerprint density at radius 3 is 2.28 bits per heavy atom. The molecule has 2 rings (SSSR count). The molecule has 1 fully saturated rings. The summed E-state index contributed by atoms with van der Waals surface area (Å²) >= 11 is 0. The minimum Gasteiger partial charge on any atom is -0.341 e. The molecule has 0 aliphatic carbocycles. The van der Waals surface area contributed by atoms with Crippen molar-refractivity contribution in [1.82, 2.24) is 4.90 Å². The zero-order valence-electron chi connectivity index (χ0n) is 15.2. The molecular formula is C18H26N2O4S. The molecule has 6 nitrogen and oxygen atoms in total. The van der Waals surface area contributed by atoms with Crippen molar-refractivity contribution in [2.24, 2.45) is 0 Å². The van der Waals surface area contributed by atoms with Crippen LogP contribution in [0.2, 0.25) is 0 Å². The van der Waals surface area contributed by atoms with Crippen molar-refractivity contribution in [2.45, 2.75) is 45.1 Å². The van der Waals surface area contributed by atoms with Crippen LogP contribution in [-0.2, 0) is 24.8 Å². The van der Waals surface area contributed by atoms with Crippen molar-refractivity contribution in [2.75, 3.05) is 23.9 Å². The molecule has 1 aliphatic rings. The van der Waals surface area contributed by atoms with E-state index in [2.05, 4.69) is 26.1 Å². The van der Waals surface area contributed by atoms with Crippen molar-refractivity contribution in [1.29, 1.82) is 0 Å². The fourth-order valence-corrected chi connectivity index (χ4v) is 4.58. The van der Waals surface area contributed by atoms with Crippen LogP contribution in [0, 0.1) is 0 Å². The van der Waals surface area contributed by atoms with Gasteiger partial charge in [-0.25, -0.2) is 8.42 Å². The van der Waals surface area contributed by atoms with E-state index in [4.69, 9.17) is 0 Å². The quantitative estimate of drug-likeness (QED) is 0.826. The summed E-state index contributed by atoms with van der Waals surface area (Å²) in [7, 11) is -1.51. The predicted octanol–water partition coefficient (Wildman–Crippen LogP) is 1.96. The Morgan fingerprint density at radius 2 is 1.80 bits per heavy atom. The van der Waals surface area contributed by atoms with Crippen LogP contribution in [0.5, 0.6) is 0 Å². The van der Waals surface area contributed by atoms with Crippen molar-refractivity contribution >= 4 is 27.3 Å². The molecule has 1 unspecified atom stereocenters. The summed E-state index contributed by atoms with van der Waals surface area (Å²) in [5.74, 6) is -0.695. The molecule has 1 N–H and O–H groups in total. The molecular weight excluding hydrogens is 340 g/mol. The minimum atomic E-state index is -3.06. The van der Waals surface area contributed by atoms with Gasteiger partial charge in [0, 0.05) is 18.8 Å². The summed E-state index contributed by atoms with van der Waals surface area (Å²) in [5, 5.41) is 2.71. The van der Waals surface area contributed by atoms with Gasteiger partial charge in [-0.05, 0) is 29.5 Å². The third kappa shape index (κ3) is 5.29. The van der Waals surface area contributed by atoms with Crippen LogP contribution < -0.4 is 5.32 Å². The van der Waals surface area contributed by atoms with Crippen LogP contribution >= 0.6 is 0 Å². The number of carbonyl (C=O) groups excluding carboxylic acids is 2. The normalized spacial score (nSPS) is 19.4. The fourth-order valence-electron chi connectivity index (χ4n) is 2.81. The molecule has 1 aliphatic heterocycles. The number of carbonyl (C=O) groups is 2. The molecule has 0 saturated carbocycles. The number of sulfone groups is 1. The van der Waals surface area contributed by atoms with Gasteiger partial charge in [0.1, 0.15) is 6.42 Å². The molecule has 1 aromatic rings. The van der Waals surface area contributed by atoms with Gasteiger partial charge in [0.25, 0.3) is 0 Å². The molecule has 0 aromatic heterocycles. The highest BCUT2D eigenvalue weighted by Crippen LogP contribution is 2.23. The van der Waals surface area contributed by atoms with Gasteiger partial charge in [0.15, 0.2) is 9.84 Å². The highest BCUT2D eigenvalue weighted by molar-refractivity contribution is 7.91. The Kier molecular flexibility index (Phi) is 5.56. The summed E-state index contributed by atoms with van der Waals surface area (Å²) in [6, 6.07) is 7.20. The maximum Gasteiger partial charge on any atom is 0.233 e. The van der Waals surface area contributed by atoms with E-state index in [9.17, 15) is 18.0 Å². The number of nitrogens with one attached hydrogen (secondary N) is 1. The molecule has 1 saturated heterocycles. The molecule has 0 bridgehead atoms. The number of hydrogen-bond donors (Lipinski definition) is 1. The van der Waals surface area contributed by atoms with Gasteiger partial charge in [0.2, 0.25) is 11.8 Å². The Bertz CT molecular complexity index is 748. The summed E-state index contributed by atoms with van der Waals surface area (Å²) in [6.07, 6.45) is 0.133. The maximum absolute atomic E-state index is 12.2. The molecule has 138 valence electrons. The SMILES string of the molecule is CN(C(=O)CC(=O)Nc1ccc(C(C)(C)C)cc1)C1CCS(=O)(=O)C1. The van der Waals surface area contributed by atoms with Crippen molar-refractivity contribution in [3.63, 3.8) is 0 Å². The van der Waals surface area contributed by atoms with Crippen molar-refractivity contribution in [3.8, 4) is 0 Å². The Morgan fingerprint density at radius 1 is 1.20 bits per heavy atom. The van der Waals surface area contributed by atoms with Crippen LogP contribution in [0.15, 0.2) is 24.3 Å². The first-order valence-corrected chi connectivity index (χ1v) is 10.2. The highest BCUT2D eigenvalue weighted by atomic mass is 32.2. The van der Waals surface area contributed by atoms with E-state index in [1.54, 1.807) is 7.05 Å². The van der Waals surface area contributed by atoms with Gasteiger partial charge in [-0.3, -0.25) is 9.59 Å². The smallest absolute Gasteiger partial charge is 0.233 e. The summed E-state index contributed by atoms with van der Waals surface area (Å²) in [5.41, 5.74) is 1.82. The number of anilines is 1. The topological polar surface area (TPSA) is 83.6 Å². The van der Waals surface area contributed by atoms with Gasteiger partial charge >= 0.3 is 0 Å². The highest BCUT2D eigenvalue weighted by Gasteiger charge is 2.33. The van der Waals surface area contributed by atoms with Crippen LogP contribution in [0.3, 0.4) is 0 Å². The van der Waals surface area contributed by atoms with Crippen LogP contribution in [0.25, 0.3) is 0 Å². The lowest BCUT2D eigenvalue weighted by Crippen LogP contribution is -2.39. The molecule has 0 radical (unpaired) electrons. The molecule has 1 aromatic carbocycles. The third-order valence-corrected chi connectivity index (χ3v) is 6.25. The van der Waals surface area contributed by atoms with E-state index in [1.807, 2.05) is 24.3 Å². The fraction of sp³-hybridized carbons (Fsp3) is 0.556. The van der Waals surface area contributed by atoms with Crippen LogP contribution in [0.1, 0.15) is 39.2 Å². The van der Waals surface area contributed by atoms with E-state index in [-0.39, 0.29) is 35.3 Å². The summed E-state index contributed by atoms with van der Waals surface area (Å²) in [4.78, 5) is 25.7.